The van der Waals surface area contributed by atoms with Crippen LogP contribution in [0.15, 0.2) is 72.9 Å². The van der Waals surface area contributed by atoms with E-state index in [9.17, 15) is 9.59 Å². The SMILES string of the molecule is COc1cccc(NC(=O)[C@@H](OC(=O)c2cccn2C)c2ccccc2)c1. The van der Waals surface area contributed by atoms with Crippen LogP contribution < -0.4 is 10.1 Å². The van der Waals surface area contributed by atoms with Gasteiger partial charge in [0.1, 0.15) is 11.4 Å². The third-order valence-corrected chi connectivity index (χ3v) is 4.06. The zero-order chi connectivity index (χ0) is 19.2. The number of methoxy groups -OCH3 is 1. The van der Waals surface area contributed by atoms with Gasteiger partial charge in [0, 0.05) is 30.6 Å². The number of rotatable bonds is 6. The van der Waals surface area contributed by atoms with E-state index >= 15 is 0 Å². The molecule has 0 saturated carbocycles. The minimum absolute atomic E-state index is 0.366. The lowest BCUT2D eigenvalue weighted by molar-refractivity contribution is -0.125. The first kappa shape index (κ1) is 18.3. The highest BCUT2D eigenvalue weighted by molar-refractivity contribution is 5.97. The largest absolute Gasteiger partial charge is 0.497 e. The second-order valence-electron chi connectivity index (χ2n) is 5.92. The Morgan fingerprint density at radius 3 is 2.44 bits per heavy atom. The van der Waals surface area contributed by atoms with Crippen LogP contribution in [0.2, 0.25) is 0 Å². The van der Waals surface area contributed by atoms with E-state index in [2.05, 4.69) is 5.32 Å². The summed E-state index contributed by atoms with van der Waals surface area (Å²) in [6, 6.07) is 19.3. The van der Waals surface area contributed by atoms with Gasteiger partial charge in [-0.25, -0.2) is 4.79 Å². The molecule has 1 amide bonds. The fourth-order valence-electron chi connectivity index (χ4n) is 2.65. The number of ether oxygens (including phenoxy) is 2. The number of anilines is 1. The average molecular weight is 364 g/mol. The Labute approximate surface area is 157 Å². The van der Waals surface area contributed by atoms with Crippen LogP contribution in [0.4, 0.5) is 5.69 Å². The highest BCUT2D eigenvalue weighted by Gasteiger charge is 2.26. The van der Waals surface area contributed by atoms with E-state index in [4.69, 9.17) is 9.47 Å². The molecule has 1 N–H and O–H groups in total. The average Bonchev–Trinajstić information content (AvgIpc) is 3.12. The van der Waals surface area contributed by atoms with Crippen LogP contribution in [0.3, 0.4) is 0 Å². The molecule has 0 radical (unpaired) electrons. The fourth-order valence-corrected chi connectivity index (χ4v) is 2.65. The number of carbonyl (C=O) groups excluding carboxylic acids is 2. The number of hydrogen-bond acceptors (Lipinski definition) is 4. The Kier molecular flexibility index (Phi) is 5.56. The molecule has 6 heteroatoms. The quantitative estimate of drug-likeness (QED) is 0.679. The predicted molar refractivity (Wildman–Crippen MR) is 102 cm³/mol. The summed E-state index contributed by atoms with van der Waals surface area (Å²) in [5.41, 5.74) is 1.50. The van der Waals surface area contributed by atoms with E-state index in [1.165, 1.54) is 0 Å². The number of nitrogens with zero attached hydrogens (tertiary/aromatic N) is 1. The van der Waals surface area contributed by atoms with E-state index in [0.29, 0.717) is 22.7 Å². The predicted octanol–water partition coefficient (Wildman–Crippen LogP) is 3.57. The first-order valence-electron chi connectivity index (χ1n) is 8.40. The molecule has 3 rings (SSSR count). The van der Waals surface area contributed by atoms with Crippen molar-refractivity contribution in [2.75, 3.05) is 12.4 Å². The number of carbonyl (C=O) groups is 2. The van der Waals surface area contributed by atoms with E-state index < -0.39 is 18.0 Å². The maximum absolute atomic E-state index is 12.9. The lowest BCUT2D eigenvalue weighted by atomic mass is 10.1. The van der Waals surface area contributed by atoms with Gasteiger partial charge in [-0.05, 0) is 24.3 Å². The summed E-state index contributed by atoms with van der Waals surface area (Å²) in [7, 11) is 3.29. The first-order valence-corrected chi connectivity index (χ1v) is 8.40. The Morgan fingerprint density at radius 2 is 1.78 bits per heavy atom. The normalized spacial score (nSPS) is 11.5. The molecule has 0 saturated heterocycles. The van der Waals surface area contributed by atoms with Crippen LogP contribution in [0, 0.1) is 0 Å². The minimum Gasteiger partial charge on any atom is -0.497 e. The molecule has 0 spiro atoms. The molecular formula is C21H20N2O4. The monoisotopic (exact) mass is 364 g/mol. The number of aryl methyl sites for hydroxylation is 1. The molecular weight excluding hydrogens is 344 g/mol. The number of benzene rings is 2. The molecule has 1 atom stereocenters. The van der Waals surface area contributed by atoms with Gasteiger partial charge < -0.3 is 19.4 Å². The number of esters is 1. The topological polar surface area (TPSA) is 69.6 Å². The molecule has 138 valence electrons. The number of amides is 1. The van der Waals surface area contributed by atoms with Gasteiger partial charge in [-0.1, -0.05) is 36.4 Å². The van der Waals surface area contributed by atoms with Crippen LogP contribution >= 0.6 is 0 Å². The first-order chi connectivity index (χ1) is 13.1. The molecule has 1 heterocycles. The summed E-state index contributed by atoms with van der Waals surface area (Å²) < 4.78 is 12.4. The molecule has 0 aliphatic rings. The maximum atomic E-state index is 12.9. The van der Waals surface area contributed by atoms with Gasteiger partial charge in [-0.3, -0.25) is 4.79 Å². The molecule has 1 aromatic heterocycles. The summed E-state index contributed by atoms with van der Waals surface area (Å²) in [6.07, 6.45) is 0.657. The van der Waals surface area contributed by atoms with Gasteiger partial charge in [0.05, 0.1) is 7.11 Å². The van der Waals surface area contributed by atoms with Gasteiger partial charge in [-0.2, -0.15) is 0 Å². The second kappa shape index (κ2) is 8.23. The Bertz CT molecular complexity index is 934. The van der Waals surface area contributed by atoms with Gasteiger partial charge in [-0.15, -0.1) is 0 Å². The van der Waals surface area contributed by atoms with Crippen LogP contribution in [-0.4, -0.2) is 23.6 Å². The Morgan fingerprint density at radius 1 is 1.00 bits per heavy atom. The van der Waals surface area contributed by atoms with Crippen molar-refractivity contribution in [3.63, 3.8) is 0 Å². The van der Waals surface area contributed by atoms with Crippen molar-refractivity contribution in [1.82, 2.24) is 4.57 Å². The van der Waals surface area contributed by atoms with E-state index in [1.54, 1.807) is 85.6 Å². The van der Waals surface area contributed by atoms with Crippen molar-refractivity contribution < 1.29 is 19.1 Å². The summed E-state index contributed by atoms with van der Waals surface area (Å²) in [5, 5.41) is 2.78. The lowest BCUT2D eigenvalue weighted by Crippen LogP contribution is -2.26. The lowest BCUT2D eigenvalue weighted by Gasteiger charge is -2.18. The van der Waals surface area contributed by atoms with Crippen LogP contribution in [0.1, 0.15) is 22.2 Å². The van der Waals surface area contributed by atoms with Crippen molar-refractivity contribution in [2.24, 2.45) is 7.05 Å². The maximum Gasteiger partial charge on any atom is 0.356 e. The molecule has 0 unspecified atom stereocenters. The minimum atomic E-state index is -1.08. The van der Waals surface area contributed by atoms with Gasteiger partial charge in [0.2, 0.25) is 6.10 Å². The van der Waals surface area contributed by atoms with Gasteiger partial charge >= 0.3 is 5.97 Å². The molecule has 0 fully saturated rings. The van der Waals surface area contributed by atoms with Crippen molar-refractivity contribution in [3.05, 3.63) is 84.2 Å². The third-order valence-electron chi connectivity index (χ3n) is 4.06. The molecule has 0 bridgehead atoms. The van der Waals surface area contributed by atoms with Gasteiger partial charge in [0.25, 0.3) is 5.91 Å². The van der Waals surface area contributed by atoms with E-state index in [1.807, 2.05) is 6.07 Å². The van der Waals surface area contributed by atoms with Crippen molar-refractivity contribution in [3.8, 4) is 5.75 Å². The molecule has 6 nitrogen and oxygen atoms in total. The third kappa shape index (κ3) is 4.36. The zero-order valence-electron chi connectivity index (χ0n) is 15.1. The van der Waals surface area contributed by atoms with Crippen molar-refractivity contribution >= 4 is 17.6 Å². The smallest absolute Gasteiger partial charge is 0.356 e. The standard InChI is InChI=1S/C21H20N2O4/c1-23-13-7-12-18(23)21(25)27-19(15-8-4-3-5-9-15)20(24)22-16-10-6-11-17(14-16)26-2/h3-14,19H,1-2H3,(H,22,24)/t19-/m0/s1. The van der Waals surface area contributed by atoms with Crippen LogP contribution in [0.25, 0.3) is 0 Å². The molecule has 0 aliphatic heterocycles. The fraction of sp³-hybridized carbons (Fsp3) is 0.143. The molecule has 0 aliphatic carbocycles. The van der Waals surface area contributed by atoms with Gasteiger partial charge in [0.15, 0.2) is 0 Å². The molecule has 27 heavy (non-hydrogen) atoms. The summed E-state index contributed by atoms with van der Waals surface area (Å²) in [4.78, 5) is 25.4. The number of aromatic nitrogens is 1. The van der Waals surface area contributed by atoms with Crippen LogP contribution in [-0.2, 0) is 16.6 Å². The number of nitrogens with one attached hydrogen (secondary N) is 1. The highest BCUT2D eigenvalue weighted by Crippen LogP contribution is 2.23. The Balaban J connectivity index is 1.84. The van der Waals surface area contributed by atoms with Crippen molar-refractivity contribution in [2.45, 2.75) is 6.10 Å². The van der Waals surface area contributed by atoms with Crippen molar-refractivity contribution in [1.29, 1.82) is 0 Å². The Hall–Kier alpha value is -3.54. The summed E-state index contributed by atoms with van der Waals surface area (Å²) >= 11 is 0. The summed E-state index contributed by atoms with van der Waals surface area (Å²) in [5.74, 6) is -0.404. The van der Waals surface area contributed by atoms with E-state index in [-0.39, 0.29) is 0 Å². The molecule has 2 aromatic carbocycles. The van der Waals surface area contributed by atoms with E-state index in [0.717, 1.165) is 0 Å². The highest BCUT2D eigenvalue weighted by atomic mass is 16.5. The second-order valence-corrected chi connectivity index (χ2v) is 5.92. The van der Waals surface area contributed by atoms with Crippen LogP contribution in [0.5, 0.6) is 5.75 Å². The zero-order valence-corrected chi connectivity index (χ0v) is 15.1. The number of hydrogen-bond donors (Lipinski definition) is 1. The summed E-state index contributed by atoms with van der Waals surface area (Å²) in [6.45, 7) is 0. The molecule has 3 aromatic rings.